The molecular formula is C19H15BrCl2O4. The van der Waals surface area contributed by atoms with Crippen molar-refractivity contribution >= 4 is 57.0 Å². The number of rotatable bonds is 6. The van der Waals surface area contributed by atoms with Crippen LogP contribution in [0.5, 0.6) is 5.75 Å². The van der Waals surface area contributed by atoms with Crippen molar-refractivity contribution < 1.29 is 19.4 Å². The van der Waals surface area contributed by atoms with E-state index in [1.807, 2.05) is 0 Å². The summed E-state index contributed by atoms with van der Waals surface area (Å²) >= 11 is 15.7. The molecule has 0 aromatic heterocycles. The first kappa shape index (κ1) is 20.5. The first-order valence-electron chi connectivity index (χ1n) is 7.50. The summed E-state index contributed by atoms with van der Waals surface area (Å²) in [5.74, 6) is -1.16. The fourth-order valence-corrected chi connectivity index (χ4v) is 2.64. The molecule has 2 rings (SSSR count). The molecule has 0 saturated carbocycles. The predicted molar refractivity (Wildman–Crippen MR) is 106 cm³/mol. The van der Waals surface area contributed by atoms with E-state index in [4.69, 9.17) is 33.0 Å². The topological polar surface area (TPSA) is 63.6 Å². The molecule has 0 saturated heterocycles. The monoisotopic (exact) mass is 456 g/mol. The number of hydrogen-bond acceptors (Lipinski definition) is 3. The lowest BCUT2D eigenvalue weighted by atomic mass is 10.1. The Hall–Kier alpha value is -1.82. The molecule has 0 aliphatic rings. The normalized spacial score (nSPS) is 11.6. The molecule has 0 aliphatic carbocycles. The van der Waals surface area contributed by atoms with Crippen molar-refractivity contribution in [2.75, 3.05) is 0 Å². The molecule has 2 aromatic carbocycles. The van der Waals surface area contributed by atoms with Gasteiger partial charge in [-0.05, 0) is 68.0 Å². The second kappa shape index (κ2) is 8.25. The maximum atomic E-state index is 12.2. The molecule has 0 aliphatic heterocycles. The largest absolute Gasteiger partial charge is 0.478 e. The fourth-order valence-electron chi connectivity index (χ4n) is 1.95. The molecule has 0 unspecified atom stereocenters. The van der Waals surface area contributed by atoms with Gasteiger partial charge in [-0.3, -0.25) is 4.79 Å². The highest BCUT2D eigenvalue weighted by Gasteiger charge is 2.30. The SMILES string of the molecule is CC(C)(Oc1ccc(C=CC(=O)c2ccc(Br)cc2)c(Cl)c1Cl)C(=O)O. The van der Waals surface area contributed by atoms with E-state index in [2.05, 4.69) is 15.9 Å². The molecule has 0 atom stereocenters. The van der Waals surface area contributed by atoms with Gasteiger partial charge in [0.2, 0.25) is 0 Å². The molecular weight excluding hydrogens is 443 g/mol. The lowest BCUT2D eigenvalue weighted by Gasteiger charge is -2.22. The second-order valence-electron chi connectivity index (χ2n) is 5.90. The number of aliphatic carboxylic acids is 1. The predicted octanol–water partition coefficient (Wildman–Crippen LogP) is 5.89. The number of benzene rings is 2. The summed E-state index contributed by atoms with van der Waals surface area (Å²) in [6.07, 6.45) is 2.94. The van der Waals surface area contributed by atoms with Gasteiger partial charge in [0.15, 0.2) is 11.4 Å². The van der Waals surface area contributed by atoms with Crippen molar-refractivity contribution in [2.45, 2.75) is 19.4 Å². The number of hydrogen-bond donors (Lipinski definition) is 1. The minimum atomic E-state index is -1.46. The van der Waals surface area contributed by atoms with Crippen LogP contribution in [0.25, 0.3) is 6.08 Å². The van der Waals surface area contributed by atoms with Gasteiger partial charge in [0.1, 0.15) is 10.8 Å². The highest BCUT2D eigenvalue weighted by Crippen LogP contribution is 2.37. The van der Waals surface area contributed by atoms with E-state index in [0.717, 1.165) is 4.47 Å². The van der Waals surface area contributed by atoms with Crippen LogP contribution in [-0.4, -0.2) is 22.5 Å². The highest BCUT2D eigenvalue weighted by atomic mass is 79.9. The van der Waals surface area contributed by atoms with Gasteiger partial charge >= 0.3 is 5.97 Å². The van der Waals surface area contributed by atoms with E-state index in [-0.39, 0.29) is 21.6 Å². The first-order valence-corrected chi connectivity index (χ1v) is 9.05. The van der Waals surface area contributed by atoms with E-state index in [1.165, 1.54) is 26.0 Å². The zero-order valence-corrected chi connectivity index (χ0v) is 17.0. The van der Waals surface area contributed by atoms with Crippen LogP contribution in [0.15, 0.2) is 46.9 Å². The third-order valence-electron chi connectivity index (χ3n) is 3.50. The van der Waals surface area contributed by atoms with Gasteiger partial charge in [-0.1, -0.05) is 39.1 Å². The minimum absolute atomic E-state index is 0.0826. The van der Waals surface area contributed by atoms with E-state index >= 15 is 0 Å². The third kappa shape index (κ3) is 4.87. The summed E-state index contributed by atoms with van der Waals surface area (Å²) in [7, 11) is 0. The quantitative estimate of drug-likeness (QED) is 0.433. The number of carbonyl (C=O) groups is 2. The Labute approximate surface area is 169 Å². The molecule has 1 N–H and O–H groups in total. The van der Waals surface area contributed by atoms with Crippen LogP contribution in [0, 0.1) is 0 Å². The van der Waals surface area contributed by atoms with Gasteiger partial charge < -0.3 is 9.84 Å². The third-order valence-corrected chi connectivity index (χ3v) is 4.91. The highest BCUT2D eigenvalue weighted by molar-refractivity contribution is 9.10. The van der Waals surface area contributed by atoms with Crippen molar-refractivity contribution in [2.24, 2.45) is 0 Å². The van der Waals surface area contributed by atoms with Crippen LogP contribution in [0.2, 0.25) is 10.0 Å². The van der Waals surface area contributed by atoms with E-state index in [0.29, 0.717) is 11.1 Å². The van der Waals surface area contributed by atoms with E-state index in [1.54, 1.807) is 36.4 Å². The summed E-state index contributed by atoms with van der Waals surface area (Å²) in [6, 6.07) is 10.1. The molecule has 0 heterocycles. The number of carboxylic acid groups (broad SMARTS) is 1. The maximum absolute atomic E-state index is 12.2. The van der Waals surface area contributed by atoms with Crippen LogP contribution in [0.4, 0.5) is 0 Å². The number of carbonyl (C=O) groups excluding carboxylic acids is 1. The summed E-state index contributed by atoms with van der Waals surface area (Å²) in [5.41, 5.74) is -0.403. The van der Waals surface area contributed by atoms with Crippen molar-refractivity contribution in [3.63, 3.8) is 0 Å². The summed E-state index contributed by atoms with van der Waals surface area (Å²) in [4.78, 5) is 23.4. The first-order chi connectivity index (χ1) is 12.1. The van der Waals surface area contributed by atoms with Crippen molar-refractivity contribution in [3.8, 4) is 5.75 Å². The number of ether oxygens (including phenoxy) is 1. The average molecular weight is 458 g/mol. The van der Waals surface area contributed by atoms with Crippen LogP contribution in [-0.2, 0) is 4.79 Å². The van der Waals surface area contributed by atoms with Gasteiger partial charge in [0.05, 0.1) is 5.02 Å². The zero-order chi connectivity index (χ0) is 19.5. The van der Waals surface area contributed by atoms with Gasteiger partial charge in [-0.2, -0.15) is 0 Å². The van der Waals surface area contributed by atoms with Gasteiger partial charge in [-0.15, -0.1) is 0 Å². The molecule has 4 nitrogen and oxygen atoms in total. The minimum Gasteiger partial charge on any atom is -0.478 e. The van der Waals surface area contributed by atoms with Gasteiger partial charge in [-0.25, -0.2) is 4.79 Å². The molecule has 7 heteroatoms. The van der Waals surface area contributed by atoms with Crippen LogP contribution in [0.1, 0.15) is 29.8 Å². The lowest BCUT2D eigenvalue weighted by Crippen LogP contribution is -2.37. The summed E-state index contributed by atoms with van der Waals surface area (Å²) < 4.78 is 6.31. The number of halogens is 3. The smallest absolute Gasteiger partial charge is 0.347 e. The molecule has 2 aromatic rings. The van der Waals surface area contributed by atoms with Crippen LogP contribution in [0.3, 0.4) is 0 Å². The molecule has 0 spiro atoms. The maximum Gasteiger partial charge on any atom is 0.347 e. The van der Waals surface area contributed by atoms with Crippen LogP contribution < -0.4 is 4.74 Å². The number of allylic oxidation sites excluding steroid dienone is 1. The Morgan fingerprint density at radius 3 is 2.27 bits per heavy atom. The number of ketones is 1. The molecule has 0 radical (unpaired) electrons. The Morgan fingerprint density at radius 1 is 1.08 bits per heavy atom. The average Bonchev–Trinajstić information content (AvgIpc) is 2.58. The van der Waals surface area contributed by atoms with E-state index < -0.39 is 11.6 Å². The fraction of sp³-hybridized carbons (Fsp3) is 0.158. The molecule has 0 bridgehead atoms. The molecule has 26 heavy (non-hydrogen) atoms. The van der Waals surface area contributed by atoms with Crippen molar-refractivity contribution in [3.05, 3.63) is 68.1 Å². The molecule has 0 fully saturated rings. The Kier molecular flexibility index (Phi) is 6.50. The number of carboxylic acids is 1. The Morgan fingerprint density at radius 2 is 1.69 bits per heavy atom. The Bertz CT molecular complexity index is 874. The Balaban J connectivity index is 2.23. The second-order valence-corrected chi connectivity index (χ2v) is 7.57. The standard InChI is InChI=1S/C19H15BrCl2O4/c1-19(2,18(24)25)26-15-10-6-12(16(21)17(15)22)5-9-14(23)11-3-7-13(20)8-4-11/h3-10H,1-2H3,(H,24,25). The lowest BCUT2D eigenvalue weighted by molar-refractivity contribution is -0.152. The molecule has 136 valence electrons. The summed E-state index contributed by atoms with van der Waals surface area (Å²) in [6.45, 7) is 2.81. The summed E-state index contributed by atoms with van der Waals surface area (Å²) in [5, 5.41) is 9.39. The van der Waals surface area contributed by atoms with Crippen molar-refractivity contribution in [1.29, 1.82) is 0 Å². The van der Waals surface area contributed by atoms with Crippen LogP contribution >= 0.6 is 39.1 Å². The van der Waals surface area contributed by atoms with Crippen molar-refractivity contribution in [1.82, 2.24) is 0 Å². The zero-order valence-electron chi connectivity index (χ0n) is 13.9. The van der Waals surface area contributed by atoms with E-state index in [9.17, 15) is 9.59 Å². The van der Waals surface area contributed by atoms with Gasteiger partial charge in [0.25, 0.3) is 0 Å². The molecule has 0 amide bonds. The van der Waals surface area contributed by atoms with Gasteiger partial charge in [0, 0.05) is 10.0 Å².